The van der Waals surface area contributed by atoms with E-state index in [-0.39, 0.29) is 11.7 Å². The van der Waals surface area contributed by atoms with Gasteiger partial charge < -0.3 is 10.6 Å². The number of hydrogen-bond acceptors (Lipinski definition) is 3. The lowest BCUT2D eigenvalue weighted by Crippen LogP contribution is -2.35. The lowest BCUT2D eigenvalue weighted by atomic mass is 10.2. The van der Waals surface area contributed by atoms with E-state index in [1.807, 2.05) is 0 Å². The Balaban J connectivity index is 2.72. The first-order valence-electron chi connectivity index (χ1n) is 4.86. The van der Waals surface area contributed by atoms with Crippen molar-refractivity contribution in [2.45, 2.75) is 19.1 Å². The summed E-state index contributed by atoms with van der Waals surface area (Å²) >= 11 is 0. The van der Waals surface area contributed by atoms with Gasteiger partial charge in [0.15, 0.2) is 0 Å². The minimum atomic E-state index is -4.40. The van der Waals surface area contributed by atoms with Crippen LogP contribution < -0.4 is 10.6 Å². The lowest BCUT2D eigenvalue weighted by molar-refractivity contribution is -0.137. The number of hydrogen-bond donors (Lipinski definition) is 2. The van der Waals surface area contributed by atoms with E-state index in [1.165, 1.54) is 13.1 Å². The van der Waals surface area contributed by atoms with Crippen molar-refractivity contribution < 1.29 is 18.0 Å². The Morgan fingerprint density at radius 2 is 2.06 bits per heavy atom. The van der Waals surface area contributed by atoms with Gasteiger partial charge in [-0.2, -0.15) is 13.2 Å². The van der Waals surface area contributed by atoms with E-state index in [1.54, 1.807) is 6.92 Å². The van der Waals surface area contributed by atoms with E-state index in [2.05, 4.69) is 15.6 Å². The summed E-state index contributed by atoms with van der Waals surface area (Å²) in [6.07, 6.45) is -3.68. The number of anilines is 1. The van der Waals surface area contributed by atoms with E-state index in [0.717, 1.165) is 12.3 Å². The number of nitrogens with one attached hydrogen (secondary N) is 2. The fraction of sp³-hybridized carbons (Fsp3) is 0.400. The predicted molar refractivity (Wildman–Crippen MR) is 56.4 cm³/mol. The molecule has 0 aliphatic rings. The van der Waals surface area contributed by atoms with E-state index in [4.69, 9.17) is 0 Å². The van der Waals surface area contributed by atoms with Crippen molar-refractivity contribution in [3.63, 3.8) is 0 Å². The van der Waals surface area contributed by atoms with Crippen LogP contribution in [0.25, 0.3) is 0 Å². The standard InChI is InChI=1S/C10H12F3N3O/c1-6(9(17)14-2)16-8-4-3-7(5-15-8)10(11,12)13/h3-6H,1-2H3,(H,14,17)(H,15,16). The molecule has 17 heavy (non-hydrogen) atoms. The van der Waals surface area contributed by atoms with Crippen molar-refractivity contribution in [3.05, 3.63) is 23.9 Å². The molecule has 1 heterocycles. The Bertz CT molecular complexity index is 389. The van der Waals surface area contributed by atoms with Crippen LogP contribution in [0.2, 0.25) is 0 Å². The van der Waals surface area contributed by atoms with Crippen molar-refractivity contribution in [1.29, 1.82) is 0 Å². The molecule has 94 valence electrons. The van der Waals surface area contributed by atoms with Crippen LogP contribution in [0.15, 0.2) is 18.3 Å². The van der Waals surface area contributed by atoms with E-state index in [9.17, 15) is 18.0 Å². The second-order valence-corrected chi connectivity index (χ2v) is 3.41. The van der Waals surface area contributed by atoms with Crippen LogP contribution in [0.4, 0.5) is 19.0 Å². The van der Waals surface area contributed by atoms with Crippen LogP contribution in [0.3, 0.4) is 0 Å². The van der Waals surface area contributed by atoms with Gasteiger partial charge in [-0.05, 0) is 19.1 Å². The zero-order valence-corrected chi connectivity index (χ0v) is 9.30. The Morgan fingerprint density at radius 3 is 2.47 bits per heavy atom. The second-order valence-electron chi connectivity index (χ2n) is 3.41. The van der Waals surface area contributed by atoms with Gasteiger partial charge in [-0.25, -0.2) is 4.98 Å². The monoisotopic (exact) mass is 247 g/mol. The molecule has 1 aromatic heterocycles. The van der Waals surface area contributed by atoms with Gasteiger partial charge in [0, 0.05) is 13.2 Å². The first-order chi connectivity index (χ1) is 7.84. The molecule has 1 rings (SSSR count). The smallest absolute Gasteiger partial charge is 0.359 e. The van der Waals surface area contributed by atoms with Crippen LogP contribution >= 0.6 is 0 Å². The summed E-state index contributed by atoms with van der Waals surface area (Å²) in [7, 11) is 1.47. The number of amides is 1. The highest BCUT2D eigenvalue weighted by molar-refractivity contribution is 5.83. The molecule has 0 radical (unpaired) electrons. The number of alkyl halides is 3. The quantitative estimate of drug-likeness (QED) is 0.853. The number of halogens is 3. The summed E-state index contributed by atoms with van der Waals surface area (Å²) in [6, 6.07) is 1.53. The number of carbonyl (C=O) groups is 1. The highest BCUT2D eigenvalue weighted by atomic mass is 19.4. The molecule has 0 fully saturated rings. The topological polar surface area (TPSA) is 54.0 Å². The van der Waals surface area contributed by atoms with Crippen LogP contribution in [0.5, 0.6) is 0 Å². The molecule has 1 unspecified atom stereocenters. The zero-order valence-electron chi connectivity index (χ0n) is 9.30. The molecule has 0 spiro atoms. The van der Waals surface area contributed by atoms with Gasteiger partial charge in [-0.1, -0.05) is 0 Å². The predicted octanol–water partition coefficient (Wildman–Crippen LogP) is 1.65. The van der Waals surface area contributed by atoms with Gasteiger partial charge >= 0.3 is 6.18 Å². The van der Waals surface area contributed by atoms with Gasteiger partial charge in [0.25, 0.3) is 0 Å². The molecule has 1 amide bonds. The van der Waals surface area contributed by atoms with Crippen molar-refractivity contribution in [1.82, 2.24) is 10.3 Å². The van der Waals surface area contributed by atoms with Gasteiger partial charge in [0.1, 0.15) is 11.9 Å². The molecule has 0 saturated heterocycles. The molecule has 2 N–H and O–H groups in total. The molecule has 0 aliphatic heterocycles. The van der Waals surface area contributed by atoms with E-state index in [0.29, 0.717) is 0 Å². The van der Waals surface area contributed by atoms with Gasteiger partial charge in [0.05, 0.1) is 5.56 Å². The van der Waals surface area contributed by atoms with Crippen LogP contribution in [0, 0.1) is 0 Å². The molecule has 7 heteroatoms. The van der Waals surface area contributed by atoms with Gasteiger partial charge in [-0.15, -0.1) is 0 Å². The molecule has 1 aromatic rings. The van der Waals surface area contributed by atoms with Crippen LogP contribution in [-0.2, 0) is 11.0 Å². The van der Waals surface area contributed by atoms with E-state index >= 15 is 0 Å². The minimum absolute atomic E-state index is 0.217. The Hall–Kier alpha value is -1.79. The number of likely N-dealkylation sites (N-methyl/N-ethyl adjacent to an activating group) is 1. The maximum Gasteiger partial charge on any atom is 0.417 e. The number of rotatable bonds is 3. The third kappa shape index (κ3) is 3.61. The largest absolute Gasteiger partial charge is 0.417 e. The summed E-state index contributed by atoms with van der Waals surface area (Å²) in [6.45, 7) is 1.58. The normalized spacial score (nSPS) is 13.0. The lowest BCUT2D eigenvalue weighted by Gasteiger charge is -2.13. The van der Waals surface area contributed by atoms with Crippen molar-refractivity contribution in [3.8, 4) is 0 Å². The number of pyridine rings is 1. The van der Waals surface area contributed by atoms with Crippen LogP contribution in [-0.4, -0.2) is 24.0 Å². The van der Waals surface area contributed by atoms with Gasteiger partial charge in [-0.3, -0.25) is 4.79 Å². The molecule has 0 saturated carbocycles. The average molecular weight is 247 g/mol. The number of carbonyl (C=O) groups excluding carboxylic acids is 1. The first-order valence-corrected chi connectivity index (χ1v) is 4.86. The third-order valence-electron chi connectivity index (χ3n) is 2.09. The SMILES string of the molecule is CNC(=O)C(C)Nc1ccc(C(F)(F)F)cn1. The maximum absolute atomic E-state index is 12.2. The fourth-order valence-corrected chi connectivity index (χ4v) is 1.15. The average Bonchev–Trinajstić information content (AvgIpc) is 2.27. The molecule has 0 aliphatic carbocycles. The minimum Gasteiger partial charge on any atom is -0.359 e. The fourth-order valence-electron chi connectivity index (χ4n) is 1.15. The van der Waals surface area contributed by atoms with Crippen molar-refractivity contribution in [2.75, 3.05) is 12.4 Å². The summed E-state index contributed by atoms with van der Waals surface area (Å²) in [5.74, 6) is -0.0548. The molecular formula is C10H12F3N3O. The third-order valence-corrected chi connectivity index (χ3v) is 2.09. The molecule has 4 nitrogen and oxygen atoms in total. The molecular weight excluding hydrogens is 235 g/mol. The van der Waals surface area contributed by atoms with Crippen LogP contribution in [0.1, 0.15) is 12.5 Å². The Morgan fingerprint density at radius 1 is 1.41 bits per heavy atom. The molecule has 1 atom stereocenters. The summed E-state index contributed by atoms with van der Waals surface area (Å²) in [4.78, 5) is 14.8. The van der Waals surface area contributed by atoms with Crippen molar-refractivity contribution in [2.24, 2.45) is 0 Å². The highest BCUT2D eigenvalue weighted by Gasteiger charge is 2.30. The zero-order chi connectivity index (χ0) is 13.1. The summed E-state index contributed by atoms with van der Waals surface area (Å²) in [5.41, 5.74) is -0.823. The summed E-state index contributed by atoms with van der Waals surface area (Å²) < 4.78 is 36.7. The second kappa shape index (κ2) is 5.03. The summed E-state index contributed by atoms with van der Waals surface area (Å²) in [5, 5.41) is 5.09. The first kappa shape index (κ1) is 13.3. The van der Waals surface area contributed by atoms with Crippen molar-refractivity contribution >= 4 is 11.7 Å². The highest BCUT2D eigenvalue weighted by Crippen LogP contribution is 2.28. The maximum atomic E-state index is 12.2. The number of aromatic nitrogens is 1. The number of nitrogens with zero attached hydrogens (tertiary/aromatic N) is 1. The van der Waals surface area contributed by atoms with E-state index < -0.39 is 17.8 Å². The van der Waals surface area contributed by atoms with Gasteiger partial charge in [0.2, 0.25) is 5.91 Å². The molecule has 0 aromatic carbocycles. The molecule has 0 bridgehead atoms. The Labute approximate surface area is 96.2 Å². The Kier molecular flexibility index (Phi) is 3.93.